The van der Waals surface area contributed by atoms with Gasteiger partial charge in [-0.1, -0.05) is 31.0 Å². The summed E-state index contributed by atoms with van der Waals surface area (Å²) in [5.74, 6) is 47.2. The molecule has 54 heavy (non-hydrogen) atoms. The van der Waals surface area contributed by atoms with E-state index < -0.39 is 0 Å². The average Bonchev–Trinajstić information content (AvgIpc) is 3.79. The minimum Gasteiger partial charge on any atom is -0.497 e. The van der Waals surface area contributed by atoms with Crippen LogP contribution in [0, 0.1) is 119 Å². The molecule has 0 aliphatic rings. The van der Waals surface area contributed by atoms with E-state index in [1.165, 1.54) is 15.7 Å². The first kappa shape index (κ1) is 42.4. The lowest BCUT2D eigenvalue weighted by Gasteiger charge is -2.09. The number of rotatable bonds is 7. The number of thiophene rings is 1. The number of hydrogen-bond acceptors (Lipinski definition) is 10. The summed E-state index contributed by atoms with van der Waals surface area (Å²) in [5.41, 5.74) is 2.63. The van der Waals surface area contributed by atoms with E-state index in [9.17, 15) is 10.0 Å². The van der Waals surface area contributed by atoms with Gasteiger partial charge in [0.05, 0.1) is 29.3 Å². The van der Waals surface area contributed by atoms with E-state index >= 15 is 0 Å². The second kappa shape index (κ2) is 24.4. The van der Waals surface area contributed by atoms with Crippen molar-refractivity contribution in [2.75, 3.05) is 21.2 Å². The number of methoxy groups -OCH3 is 1. The Morgan fingerprint density at radius 1 is 1.00 bits per heavy atom. The number of thiol groups is 1. The first-order valence-electron chi connectivity index (χ1n) is 14.8. The molecule has 0 amide bonds. The van der Waals surface area contributed by atoms with E-state index in [1.807, 2.05) is 38.4 Å². The van der Waals surface area contributed by atoms with Crippen LogP contribution in [0.2, 0.25) is 0 Å². The monoisotopic (exact) mass is 768 g/mol. The second-order valence-electron chi connectivity index (χ2n) is 9.66. The van der Waals surface area contributed by atoms with Crippen LogP contribution in [0.1, 0.15) is 34.3 Å². The minimum atomic E-state index is -0.264. The van der Waals surface area contributed by atoms with Gasteiger partial charge in [0.2, 0.25) is 10.4 Å². The molecule has 4 aromatic rings. The molecule has 14 nitrogen and oxygen atoms in total. The van der Waals surface area contributed by atoms with Crippen LogP contribution >= 0.6 is 24.2 Å². The summed E-state index contributed by atoms with van der Waals surface area (Å²) in [7, 11) is 5.73. The average molecular weight is 769 g/mol. The normalized spacial score (nSPS) is 9.04. The lowest BCUT2D eigenvalue weighted by atomic mass is 10.2. The van der Waals surface area contributed by atoms with Crippen molar-refractivity contribution in [1.82, 2.24) is 24.1 Å². The van der Waals surface area contributed by atoms with Crippen molar-refractivity contribution < 1.29 is 25.5 Å². The fourth-order valence-electron chi connectivity index (χ4n) is 3.82. The number of nitrogens with zero attached hydrogens (tertiary/aromatic N) is 9. The van der Waals surface area contributed by atoms with Crippen LogP contribution in [0.5, 0.6) is 5.75 Å². The summed E-state index contributed by atoms with van der Waals surface area (Å²) in [5, 5.41) is 22.7. The van der Waals surface area contributed by atoms with Crippen molar-refractivity contribution >= 4 is 40.1 Å². The summed E-state index contributed by atoms with van der Waals surface area (Å²) in [6, 6.07) is 7.76. The molecule has 4 rings (SSSR count). The summed E-state index contributed by atoms with van der Waals surface area (Å²) < 4.78 is 12.1. The fourth-order valence-corrected chi connectivity index (χ4v) is 5.26. The fraction of sp³-hybridized carbons (Fsp3) is 0.184. The maximum atomic E-state index is 13.1. The number of ether oxygens (including phenoxy) is 1. The molecule has 0 fully saturated rings. The number of hydrogen-bond donors (Lipinski definition) is 2. The highest BCUT2D eigenvalue weighted by Crippen LogP contribution is 2.33. The van der Waals surface area contributed by atoms with Crippen molar-refractivity contribution in [3.8, 4) is 113 Å². The van der Waals surface area contributed by atoms with Crippen LogP contribution in [0.15, 0.2) is 51.1 Å². The van der Waals surface area contributed by atoms with Crippen molar-refractivity contribution in [3.05, 3.63) is 62.3 Å². The Morgan fingerprint density at radius 2 is 1.56 bits per heavy atom. The minimum absolute atomic E-state index is 0. The van der Waals surface area contributed by atoms with Gasteiger partial charge in [0.15, 0.2) is 5.65 Å². The Hall–Kier alpha value is -7.72. The molecule has 16 heteroatoms. The Morgan fingerprint density at radius 3 is 2.04 bits per heavy atom. The van der Waals surface area contributed by atoms with E-state index in [-0.39, 0.29) is 22.1 Å². The quantitative estimate of drug-likeness (QED) is 0.0653. The summed E-state index contributed by atoms with van der Waals surface area (Å²) in [6.45, 7) is 5.08. The summed E-state index contributed by atoms with van der Waals surface area (Å²) >= 11 is 4.72. The van der Waals surface area contributed by atoms with E-state index in [1.54, 1.807) is 29.9 Å². The SMILES string of the molecule is C#CC#CC#CC#CC#CC#CC#CC#CC#CC.COc1ccc(Cn2c(=O)n3ncnc3c3c(C)c(CN(C)C)sc32)cc1.NN=NN=[N+]([O-])OS.[HH].[HH].[HH].[HH].[HH].[HH].[HH].[HH]. The van der Waals surface area contributed by atoms with Gasteiger partial charge in [-0.2, -0.15) is 9.61 Å². The number of aromatic nitrogens is 4. The molecule has 3 heterocycles. The molecular formula is C38H44N10O4S2. The van der Waals surface area contributed by atoms with Gasteiger partial charge < -0.3 is 19.1 Å². The molecule has 282 valence electrons. The van der Waals surface area contributed by atoms with Crippen molar-refractivity contribution in [1.29, 1.82) is 0 Å². The first-order valence-corrected chi connectivity index (χ1v) is 16.0. The highest BCUT2D eigenvalue weighted by Gasteiger charge is 2.20. The van der Waals surface area contributed by atoms with E-state index in [0.29, 0.717) is 12.2 Å². The third kappa shape index (κ3) is 14.3. The molecule has 0 saturated carbocycles. The molecule has 0 atom stereocenters. The number of aryl methyl sites for hydroxylation is 1. The molecule has 3 aromatic heterocycles. The Balaban J connectivity index is -0.000000155. The third-order valence-electron chi connectivity index (χ3n) is 5.92. The van der Waals surface area contributed by atoms with Crippen molar-refractivity contribution in [2.24, 2.45) is 21.5 Å². The third-order valence-corrected chi connectivity index (χ3v) is 7.36. The van der Waals surface area contributed by atoms with Crippen molar-refractivity contribution in [2.45, 2.75) is 26.9 Å². The number of terminal acetylenes is 1. The van der Waals surface area contributed by atoms with Gasteiger partial charge in [0, 0.05) is 22.8 Å². The van der Waals surface area contributed by atoms with Crippen LogP contribution in [0.3, 0.4) is 0 Å². The molecule has 0 aliphatic heterocycles. The number of fused-ring (bicyclic) bond motifs is 3. The topological polar surface area (TPSA) is 163 Å². The van der Waals surface area contributed by atoms with Gasteiger partial charge >= 0.3 is 5.69 Å². The van der Waals surface area contributed by atoms with Crippen LogP contribution in [-0.4, -0.2) is 50.3 Å². The molecule has 0 saturated heterocycles. The standard InChI is InChI=1S/C19H21N5O2S.C19H4.H3N5O2S.8H2/c1-12-15(10-22(2)3)27-18-16(12)17-20-11-21-24(17)19(25)23(18)9-13-5-7-14(26-4)8-6-13;1-3-5-7-9-11-13-15-17-19-18-16-14-12-10-8-6-4-2;1-2-3-4-5(6)7-8;;;;;;;;/h5-8,11H,9-10H2,1-4H3;1H,2H3;8H,(H2,1,3);8*1H. The van der Waals surface area contributed by atoms with Gasteiger partial charge in [-0.15, -0.1) is 17.8 Å². The van der Waals surface area contributed by atoms with Crippen LogP contribution in [0.4, 0.5) is 0 Å². The Kier molecular flexibility index (Phi) is 19.2. The van der Waals surface area contributed by atoms with Gasteiger partial charge in [0.1, 0.15) is 16.9 Å². The van der Waals surface area contributed by atoms with Gasteiger partial charge in [-0.3, -0.25) is 10.4 Å². The second-order valence-corrected chi connectivity index (χ2v) is 10.9. The van der Waals surface area contributed by atoms with E-state index in [0.717, 1.165) is 33.6 Å². The molecule has 0 aliphatic carbocycles. The molecule has 0 unspecified atom stereocenters. The van der Waals surface area contributed by atoms with Gasteiger partial charge in [-0.25, -0.2) is 9.78 Å². The van der Waals surface area contributed by atoms with Crippen LogP contribution in [0.25, 0.3) is 15.9 Å². The molecular weight excluding hydrogens is 725 g/mol. The zero-order chi connectivity index (χ0) is 39.6. The highest BCUT2D eigenvalue weighted by atomic mass is 32.1. The maximum Gasteiger partial charge on any atom is 0.352 e. The molecule has 0 radical (unpaired) electrons. The molecule has 1 aromatic carbocycles. The first-order chi connectivity index (χ1) is 26.2. The van der Waals surface area contributed by atoms with E-state index in [4.69, 9.17) is 11.2 Å². The number of benzene rings is 1. The Labute approximate surface area is 333 Å². The summed E-state index contributed by atoms with van der Waals surface area (Å²) in [4.78, 5) is 21.7. The van der Waals surface area contributed by atoms with Gasteiger partial charge in [0.25, 0.3) is 0 Å². The molecule has 2 N–H and O–H groups in total. The van der Waals surface area contributed by atoms with Crippen molar-refractivity contribution in [3.63, 3.8) is 0 Å². The van der Waals surface area contributed by atoms with Crippen LogP contribution in [-0.2, 0) is 17.4 Å². The maximum absolute atomic E-state index is 13.1. The predicted molar refractivity (Wildman–Crippen MR) is 226 cm³/mol. The molecule has 0 bridgehead atoms. The zero-order valence-electron chi connectivity index (χ0n) is 29.5. The van der Waals surface area contributed by atoms with Gasteiger partial charge in [-0.05, 0) is 146 Å². The van der Waals surface area contributed by atoms with E-state index in [2.05, 4.69) is 161 Å². The smallest absolute Gasteiger partial charge is 0.352 e. The zero-order valence-corrected chi connectivity index (χ0v) is 31.2. The number of nitrogens with two attached hydrogens (primary N) is 1. The Bertz CT molecular complexity index is 2680. The lowest BCUT2D eigenvalue weighted by molar-refractivity contribution is -0.744. The summed E-state index contributed by atoms with van der Waals surface area (Å²) in [6.07, 6.45) is 6.33. The molecule has 0 spiro atoms. The van der Waals surface area contributed by atoms with Crippen LogP contribution < -0.4 is 16.3 Å². The largest absolute Gasteiger partial charge is 0.497 e. The lowest BCUT2D eigenvalue weighted by Crippen LogP contribution is -2.27. The highest BCUT2D eigenvalue weighted by molar-refractivity contribution is 7.74. The predicted octanol–water partition coefficient (Wildman–Crippen LogP) is 5.13.